The van der Waals surface area contributed by atoms with Gasteiger partial charge in [0.25, 0.3) is 0 Å². The fourth-order valence-electron chi connectivity index (χ4n) is 2.26. The molecule has 2 atom stereocenters. The molecule has 3 rings (SSSR count). The highest BCUT2D eigenvalue weighted by molar-refractivity contribution is 8.23. The first-order valence-corrected chi connectivity index (χ1v) is 8.16. The summed E-state index contributed by atoms with van der Waals surface area (Å²) in [4.78, 5) is 0. The second-order valence-corrected chi connectivity index (χ2v) is 7.24. The van der Waals surface area contributed by atoms with Crippen LogP contribution in [0, 0.1) is 0 Å². The minimum Gasteiger partial charge on any atom is -0.363 e. The van der Waals surface area contributed by atoms with E-state index in [1.54, 1.807) is 11.8 Å². The molecule has 0 amide bonds. The summed E-state index contributed by atoms with van der Waals surface area (Å²) in [5, 5.41) is 5.11. The first kappa shape index (κ1) is 14.2. The molecule has 2 aromatic carbocycles. The quantitative estimate of drug-likeness (QED) is 0.736. The van der Waals surface area contributed by atoms with Gasteiger partial charge in [-0.15, -0.1) is 0 Å². The Kier molecular flexibility index (Phi) is 4.22. The molecular weight excluding hydrogens is 329 g/mol. The van der Waals surface area contributed by atoms with E-state index in [1.165, 1.54) is 11.1 Å². The zero-order chi connectivity index (χ0) is 14.1. The van der Waals surface area contributed by atoms with Crippen LogP contribution < -0.4 is 5.32 Å². The first-order chi connectivity index (χ1) is 9.63. The standard InChI is InChI=1S/C15H11Cl2NS2/c16-11-5-1-9(2-6-11)13-14(20-15(19)18-13)10-3-7-12(17)8-4-10/h1-8,13-14H,(H,18,19). The molecule has 0 saturated carbocycles. The molecule has 1 aliphatic heterocycles. The monoisotopic (exact) mass is 339 g/mol. The van der Waals surface area contributed by atoms with Gasteiger partial charge in [-0.05, 0) is 35.4 Å². The van der Waals surface area contributed by atoms with Crippen molar-refractivity contribution in [1.29, 1.82) is 0 Å². The number of hydrogen-bond donors (Lipinski definition) is 1. The zero-order valence-corrected chi connectivity index (χ0v) is 13.5. The van der Waals surface area contributed by atoms with Gasteiger partial charge in [-0.25, -0.2) is 0 Å². The highest BCUT2D eigenvalue weighted by atomic mass is 35.5. The van der Waals surface area contributed by atoms with E-state index in [4.69, 9.17) is 35.4 Å². The first-order valence-electron chi connectivity index (χ1n) is 6.11. The molecule has 2 unspecified atom stereocenters. The van der Waals surface area contributed by atoms with Gasteiger partial charge in [-0.1, -0.05) is 71.4 Å². The number of hydrogen-bond acceptors (Lipinski definition) is 2. The second kappa shape index (κ2) is 5.94. The molecule has 1 saturated heterocycles. The van der Waals surface area contributed by atoms with Crippen LogP contribution in [0.1, 0.15) is 22.4 Å². The van der Waals surface area contributed by atoms with Gasteiger partial charge >= 0.3 is 0 Å². The summed E-state index contributed by atoms with van der Waals surface area (Å²) < 4.78 is 0.824. The van der Waals surface area contributed by atoms with Crippen LogP contribution in [0.3, 0.4) is 0 Å². The summed E-state index contributed by atoms with van der Waals surface area (Å²) in [7, 11) is 0. The third-order valence-corrected chi connectivity index (χ3v) is 5.28. The van der Waals surface area contributed by atoms with Crippen LogP contribution in [0.15, 0.2) is 48.5 Å². The van der Waals surface area contributed by atoms with Crippen molar-refractivity contribution in [2.45, 2.75) is 11.3 Å². The van der Waals surface area contributed by atoms with Crippen LogP contribution in [0.5, 0.6) is 0 Å². The molecule has 1 N–H and O–H groups in total. The van der Waals surface area contributed by atoms with E-state index in [0.29, 0.717) is 0 Å². The van der Waals surface area contributed by atoms with E-state index in [0.717, 1.165) is 14.4 Å². The third-order valence-electron chi connectivity index (χ3n) is 3.24. The molecule has 5 heteroatoms. The van der Waals surface area contributed by atoms with Crippen LogP contribution in [-0.4, -0.2) is 4.32 Å². The molecule has 1 heterocycles. The van der Waals surface area contributed by atoms with E-state index >= 15 is 0 Å². The maximum atomic E-state index is 5.95. The Hall–Kier alpha value is -0.740. The molecular formula is C15H11Cl2NS2. The van der Waals surface area contributed by atoms with Gasteiger partial charge in [-0.2, -0.15) is 0 Å². The van der Waals surface area contributed by atoms with Gasteiger partial charge in [0.15, 0.2) is 0 Å². The van der Waals surface area contributed by atoms with Gasteiger partial charge in [0.1, 0.15) is 4.32 Å². The lowest BCUT2D eigenvalue weighted by Gasteiger charge is -2.19. The average molecular weight is 340 g/mol. The van der Waals surface area contributed by atoms with Crippen molar-refractivity contribution in [2.75, 3.05) is 0 Å². The van der Waals surface area contributed by atoms with E-state index in [2.05, 4.69) is 17.4 Å². The summed E-state index contributed by atoms with van der Waals surface area (Å²) in [5.41, 5.74) is 2.40. The number of benzene rings is 2. The Labute approximate surface area is 137 Å². The van der Waals surface area contributed by atoms with Crippen molar-refractivity contribution in [2.24, 2.45) is 0 Å². The van der Waals surface area contributed by atoms with Crippen molar-refractivity contribution in [1.82, 2.24) is 5.32 Å². The maximum Gasteiger partial charge on any atom is 0.134 e. The van der Waals surface area contributed by atoms with E-state index in [-0.39, 0.29) is 11.3 Å². The Morgan fingerprint density at radius 3 is 1.90 bits per heavy atom. The number of thiocarbonyl (C=S) groups is 1. The molecule has 0 aromatic heterocycles. The predicted molar refractivity (Wildman–Crippen MR) is 91.7 cm³/mol. The van der Waals surface area contributed by atoms with Crippen LogP contribution in [0.4, 0.5) is 0 Å². The Morgan fingerprint density at radius 1 is 0.850 bits per heavy atom. The smallest absolute Gasteiger partial charge is 0.134 e. The molecule has 20 heavy (non-hydrogen) atoms. The molecule has 0 aliphatic carbocycles. The highest BCUT2D eigenvalue weighted by Gasteiger charge is 2.33. The number of rotatable bonds is 2. The Bertz CT molecular complexity index is 570. The summed E-state index contributed by atoms with van der Waals surface area (Å²) in [6, 6.07) is 16.0. The molecule has 0 spiro atoms. The normalized spacial score (nSPS) is 21.8. The second-order valence-electron chi connectivity index (χ2n) is 4.55. The van der Waals surface area contributed by atoms with Crippen molar-refractivity contribution in [3.05, 3.63) is 69.7 Å². The van der Waals surface area contributed by atoms with Gasteiger partial charge in [0.05, 0.1) is 11.3 Å². The van der Waals surface area contributed by atoms with Crippen LogP contribution in [-0.2, 0) is 0 Å². The van der Waals surface area contributed by atoms with E-state index in [9.17, 15) is 0 Å². The minimum absolute atomic E-state index is 0.158. The summed E-state index contributed by atoms with van der Waals surface area (Å²) in [6.45, 7) is 0. The van der Waals surface area contributed by atoms with Gasteiger partial charge in [0.2, 0.25) is 0 Å². The Morgan fingerprint density at radius 2 is 1.35 bits per heavy atom. The predicted octanol–water partition coefficient (Wildman–Crippen LogP) is 5.40. The lowest BCUT2D eigenvalue weighted by Crippen LogP contribution is -2.19. The zero-order valence-electron chi connectivity index (χ0n) is 10.3. The fraction of sp³-hybridized carbons (Fsp3) is 0.133. The molecule has 1 nitrogen and oxygen atoms in total. The van der Waals surface area contributed by atoms with E-state index < -0.39 is 0 Å². The summed E-state index contributed by atoms with van der Waals surface area (Å²) >= 11 is 18.9. The van der Waals surface area contributed by atoms with Crippen molar-refractivity contribution < 1.29 is 0 Å². The molecule has 0 radical (unpaired) electrons. The minimum atomic E-state index is 0.158. The van der Waals surface area contributed by atoms with Crippen molar-refractivity contribution >= 4 is 51.5 Å². The topological polar surface area (TPSA) is 12.0 Å². The summed E-state index contributed by atoms with van der Waals surface area (Å²) in [5.74, 6) is 0. The third kappa shape index (κ3) is 2.96. The average Bonchev–Trinajstić information content (AvgIpc) is 2.82. The SMILES string of the molecule is S=C1NC(c2ccc(Cl)cc2)C(c2ccc(Cl)cc2)S1. The van der Waals surface area contributed by atoms with Crippen LogP contribution in [0.25, 0.3) is 0 Å². The number of halogens is 2. The fourth-order valence-corrected chi connectivity index (χ4v) is 4.03. The van der Waals surface area contributed by atoms with Crippen molar-refractivity contribution in [3.8, 4) is 0 Å². The van der Waals surface area contributed by atoms with E-state index in [1.807, 2.05) is 36.4 Å². The Balaban J connectivity index is 1.94. The van der Waals surface area contributed by atoms with Gasteiger partial charge in [0, 0.05) is 10.0 Å². The lowest BCUT2D eigenvalue weighted by molar-refractivity contribution is 0.657. The summed E-state index contributed by atoms with van der Waals surface area (Å²) in [6.07, 6.45) is 0. The molecule has 102 valence electrons. The molecule has 0 bridgehead atoms. The maximum absolute atomic E-state index is 5.95. The van der Waals surface area contributed by atoms with Crippen LogP contribution in [0.2, 0.25) is 10.0 Å². The highest BCUT2D eigenvalue weighted by Crippen LogP contribution is 2.45. The largest absolute Gasteiger partial charge is 0.363 e. The molecule has 2 aromatic rings. The molecule has 1 fully saturated rings. The lowest BCUT2D eigenvalue weighted by atomic mass is 9.98. The molecule has 1 aliphatic rings. The number of nitrogens with one attached hydrogen (secondary N) is 1. The van der Waals surface area contributed by atoms with Gasteiger partial charge < -0.3 is 5.32 Å². The number of thioether (sulfide) groups is 1. The van der Waals surface area contributed by atoms with Crippen LogP contribution >= 0.6 is 47.2 Å². The van der Waals surface area contributed by atoms with Gasteiger partial charge in [-0.3, -0.25) is 0 Å². The van der Waals surface area contributed by atoms with Crippen molar-refractivity contribution in [3.63, 3.8) is 0 Å².